The van der Waals surface area contributed by atoms with Gasteiger partial charge in [0.2, 0.25) is 0 Å². The zero-order valence-electron chi connectivity index (χ0n) is 10.9. The standard InChI is InChI=1S/C17H15NOS/c19-17(10-16-11-18-12-20-16)15-8-6-14(7-9-15)13-4-2-1-3-5-13/h1-9,11-12,17,19H,10H2. The van der Waals surface area contributed by atoms with Crippen molar-refractivity contribution in [3.8, 4) is 11.1 Å². The predicted octanol–water partition coefficient (Wildman–Crippen LogP) is 4.09. The van der Waals surface area contributed by atoms with Crippen LogP contribution in [-0.4, -0.2) is 10.1 Å². The van der Waals surface area contributed by atoms with Crippen molar-refractivity contribution in [2.24, 2.45) is 0 Å². The van der Waals surface area contributed by atoms with E-state index in [0.29, 0.717) is 6.42 Å². The first-order chi connectivity index (χ1) is 9.83. The second-order valence-electron chi connectivity index (χ2n) is 4.68. The number of benzene rings is 2. The van der Waals surface area contributed by atoms with Crippen LogP contribution in [0.25, 0.3) is 11.1 Å². The van der Waals surface area contributed by atoms with Gasteiger partial charge >= 0.3 is 0 Å². The van der Waals surface area contributed by atoms with E-state index in [1.807, 2.05) is 36.5 Å². The molecule has 1 N–H and O–H groups in total. The van der Waals surface area contributed by atoms with E-state index in [2.05, 4.69) is 29.2 Å². The molecule has 0 saturated carbocycles. The molecule has 0 bridgehead atoms. The first-order valence-corrected chi connectivity index (χ1v) is 7.42. The van der Waals surface area contributed by atoms with Crippen LogP contribution in [0.3, 0.4) is 0 Å². The molecule has 0 aliphatic heterocycles. The van der Waals surface area contributed by atoms with Crippen LogP contribution in [0.15, 0.2) is 66.3 Å². The Balaban J connectivity index is 1.76. The quantitative estimate of drug-likeness (QED) is 0.781. The molecule has 0 radical (unpaired) electrons. The summed E-state index contributed by atoms with van der Waals surface area (Å²) in [5.41, 5.74) is 5.09. The van der Waals surface area contributed by atoms with E-state index < -0.39 is 6.10 Å². The van der Waals surface area contributed by atoms with Crippen molar-refractivity contribution in [3.63, 3.8) is 0 Å². The normalized spacial score (nSPS) is 12.2. The fourth-order valence-corrected chi connectivity index (χ4v) is 2.81. The first kappa shape index (κ1) is 13.0. The number of rotatable bonds is 4. The summed E-state index contributed by atoms with van der Waals surface area (Å²) in [4.78, 5) is 5.13. The molecule has 2 nitrogen and oxygen atoms in total. The van der Waals surface area contributed by atoms with Crippen LogP contribution < -0.4 is 0 Å². The van der Waals surface area contributed by atoms with Gasteiger partial charge in [0, 0.05) is 17.5 Å². The highest BCUT2D eigenvalue weighted by molar-refractivity contribution is 7.09. The monoisotopic (exact) mass is 281 g/mol. The van der Waals surface area contributed by atoms with Gasteiger partial charge in [-0.15, -0.1) is 11.3 Å². The molecule has 1 unspecified atom stereocenters. The summed E-state index contributed by atoms with van der Waals surface area (Å²) in [5.74, 6) is 0. The highest BCUT2D eigenvalue weighted by atomic mass is 32.1. The van der Waals surface area contributed by atoms with Crippen LogP contribution in [-0.2, 0) is 6.42 Å². The topological polar surface area (TPSA) is 33.1 Å². The third-order valence-corrected chi connectivity index (χ3v) is 4.08. The van der Waals surface area contributed by atoms with Crippen LogP contribution in [0, 0.1) is 0 Å². The molecule has 1 atom stereocenters. The molecule has 3 rings (SSSR count). The lowest BCUT2D eigenvalue weighted by Crippen LogP contribution is -2.00. The molecule has 0 spiro atoms. The fourth-order valence-electron chi connectivity index (χ4n) is 2.18. The minimum Gasteiger partial charge on any atom is -0.388 e. The molecular formula is C17H15NOS. The van der Waals surface area contributed by atoms with Crippen molar-refractivity contribution in [1.29, 1.82) is 0 Å². The Morgan fingerprint density at radius 1 is 0.950 bits per heavy atom. The summed E-state index contributed by atoms with van der Waals surface area (Å²) in [5, 5.41) is 10.2. The Morgan fingerprint density at radius 2 is 1.65 bits per heavy atom. The minimum atomic E-state index is -0.472. The highest BCUT2D eigenvalue weighted by Gasteiger charge is 2.09. The predicted molar refractivity (Wildman–Crippen MR) is 82.7 cm³/mol. The molecule has 1 heterocycles. The molecule has 0 fully saturated rings. The zero-order valence-corrected chi connectivity index (χ0v) is 11.8. The third-order valence-electron chi connectivity index (χ3n) is 3.28. The van der Waals surface area contributed by atoms with Crippen LogP contribution in [0.1, 0.15) is 16.5 Å². The Bertz CT molecular complexity index is 647. The summed E-state index contributed by atoms with van der Waals surface area (Å²) in [6.07, 6.45) is 1.96. The van der Waals surface area contributed by atoms with Crippen LogP contribution in [0.4, 0.5) is 0 Å². The maximum atomic E-state index is 10.2. The van der Waals surface area contributed by atoms with Crippen molar-refractivity contribution in [2.75, 3.05) is 0 Å². The van der Waals surface area contributed by atoms with E-state index in [9.17, 15) is 5.11 Å². The SMILES string of the molecule is OC(Cc1cncs1)c1ccc(-c2ccccc2)cc1. The molecule has 0 aliphatic carbocycles. The van der Waals surface area contributed by atoms with Gasteiger partial charge in [-0.25, -0.2) is 0 Å². The third kappa shape index (κ3) is 2.95. The van der Waals surface area contributed by atoms with Gasteiger partial charge in [0.1, 0.15) is 0 Å². The molecule has 0 saturated heterocycles. The van der Waals surface area contributed by atoms with Gasteiger partial charge in [-0.2, -0.15) is 0 Å². The smallest absolute Gasteiger partial charge is 0.0838 e. The highest BCUT2D eigenvalue weighted by Crippen LogP contribution is 2.24. The molecule has 20 heavy (non-hydrogen) atoms. The fraction of sp³-hybridized carbons (Fsp3) is 0.118. The van der Waals surface area contributed by atoms with Gasteiger partial charge in [-0.3, -0.25) is 4.98 Å². The number of aromatic nitrogens is 1. The number of nitrogens with zero attached hydrogens (tertiary/aromatic N) is 1. The van der Waals surface area contributed by atoms with E-state index in [1.54, 1.807) is 16.8 Å². The van der Waals surface area contributed by atoms with Crippen LogP contribution in [0.2, 0.25) is 0 Å². The second-order valence-corrected chi connectivity index (χ2v) is 5.65. The van der Waals surface area contributed by atoms with Crippen molar-refractivity contribution in [3.05, 3.63) is 76.7 Å². The lowest BCUT2D eigenvalue weighted by Gasteiger charge is -2.10. The summed E-state index contributed by atoms with van der Waals surface area (Å²) >= 11 is 1.57. The average Bonchev–Trinajstić information content (AvgIpc) is 3.01. The molecule has 100 valence electrons. The first-order valence-electron chi connectivity index (χ1n) is 6.54. The maximum absolute atomic E-state index is 10.2. The number of aliphatic hydroxyl groups excluding tert-OH is 1. The number of hydrogen-bond acceptors (Lipinski definition) is 3. The van der Waals surface area contributed by atoms with Gasteiger partial charge < -0.3 is 5.11 Å². The van der Waals surface area contributed by atoms with Crippen molar-refractivity contribution < 1.29 is 5.11 Å². The van der Waals surface area contributed by atoms with E-state index in [-0.39, 0.29) is 0 Å². The van der Waals surface area contributed by atoms with Gasteiger partial charge in [0.05, 0.1) is 11.6 Å². The van der Waals surface area contributed by atoms with E-state index >= 15 is 0 Å². The summed E-state index contributed by atoms with van der Waals surface area (Å²) in [6.45, 7) is 0. The van der Waals surface area contributed by atoms with Gasteiger partial charge in [-0.1, -0.05) is 54.6 Å². The molecular weight excluding hydrogens is 266 g/mol. The van der Waals surface area contributed by atoms with Crippen LogP contribution >= 0.6 is 11.3 Å². The number of hydrogen-bond donors (Lipinski definition) is 1. The maximum Gasteiger partial charge on any atom is 0.0838 e. The molecule has 1 aromatic heterocycles. The van der Waals surface area contributed by atoms with Gasteiger partial charge in [0.25, 0.3) is 0 Å². The summed E-state index contributed by atoms with van der Waals surface area (Å²) < 4.78 is 0. The largest absolute Gasteiger partial charge is 0.388 e. The Kier molecular flexibility index (Phi) is 3.90. The lowest BCUT2D eigenvalue weighted by molar-refractivity contribution is 0.179. The summed E-state index contributed by atoms with van der Waals surface area (Å²) in [7, 11) is 0. The molecule has 3 aromatic rings. The molecule has 3 heteroatoms. The van der Waals surface area contributed by atoms with Gasteiger partial charge in [0.15, 0.2) is 0 Å². The lowest BCUT2D eigenvalue weighted by atomic mass is 10.0. The van der Waals surface area contributed by atoms with E-state index in [1.165, 1.54) is 11.1 Å². The minimum absolute atomic E-state index is 0.472. The van der Waals surface area contributed by atoms with E-state index in [4.69, 9.17) is 0 Å². The zero-order chi connectivity index (χ0) is 13.8. The van der Waals surface area contributed by atoms with Crippen LogP contribution in [0.5, 0.6) is 0 Å². The average molecular weight is 281 g/mol. The Morgan fingerprint density at radius 3 is 2.30 bits per heavy atom. The Labute approximate surface area is 122 Å². The van der Waals surface area contributed by atoms with Crippen molar-refractivity contribution in [1.82, 2.24) is 4.98 Å². The van der Waals surface area contributed by atoms with Crippen molar-refractivity contribution >= 4 is 11.3 Å². The number of thiazole rings is 1. The second kappa shape index (κ2) is 5.99. The molecule has 2 aromatic carbocycles. The number of aliphatic hydroxyl groups is 1. The molecule has 0 aliphatic rings. The van der Waals surface area contributed by atoms with Gasteiger partial charge in [-0.05, 0) is 16.7 Å². The molecule has 0 amide bonds. The Hall–Kier alpha value is -1.97. The summed E-state index contributed by atoms with van der Waals surface area (Å²) in [6, 6.07) is 18.3. The van der Waals surface area contributed by atoms with Crippen molar-refractivity contribution in [2.45, 2.75) is 12.5 Å². The van der Waals surface area contributed by atoms with E-state index in [0.717, 1.165) is 10.4 Å².